The van der Waals surface area contributed by atoms with Gasteiger partial charge < -0.3 is 18.8 Å². The molecular weight excluding hydrogens is 452 g/mol. The van der Waals surface area contributed by atoms with Crippen LogP contribution in [0.15, 0.2) is 66.3 Å². The van der Waals surface area contributed by atoms with Crippen molar-refractivity contribution in [1.29, 1.82) is 0 Å². The number of fused-ring (bicyclic) bond motifs is 1. The number of piperazine rings is 1. The Bertz CT molecular complexity index is 1320. The maximum Gasteiger partial charge on any atom is 0.141 e. The molecule has 8 nitrogen and oxygen atoms in total. The number of aromatic nitrogens is 3. The SMILES string of the molecule is COc1cc(OC)c(-c2cn3ccc(N4CCN(/N=C\c5ccncc5)CC4)cc3n2)cc1Cl. The van der Waals surface area contributed by atoms with Gasteiger partial charge in [-0.15, -0.1) is 0 Å². The molecular formula is C25H25ClN6O2. The number of pyridine rings is 2. The molecule has 0 aliphatic carbocycles. The Hall–Kier alpha value is -3.78. The van der Waals surface area contributed by atoms with Crippen LogP contribution in [0.5, 0.6) is 11.5 Å². The summed E-state index contributed by atoms with van der Waals surface area (Å²) in [5.41, 5.74) is 4.66. The molecule has 0 spiro atoms. The maximum absolute atomic E-state index is 6.36. The fourth-order valence-corrected chi connectivity index (χ4v) is 4.27. The van der Waals surface area contributed by atoms with Gasteiger partial charge in [0.1, 0.15) is 17.1 Å². The molecule has 1 saturated heterocycles. The van der Waals surface area contributed by atoms with Crippen LogP contribution in [0.4, 0.5) is 5.69 Å². The lowest BCUT2D eigenvalue weighted by Gasteiger charge is -2.34. The molecule has 0 unspecified atom stereocenters. The standard InChI is InChI=1S/C25H25ClN6O2/c1-33-23-15-24(34-2)21(26)14-20(23)22-17-31-8-5-19(13-25(31)29-22)30-9-11-32(12-10-30)28-16-18-3-6-27-7-4-18/h3-8,13-17H,9-12H2,1-2H3/b28-16-. The summed E-state index contributed by atoms with van der Waals surface area (Å²) in [6.07, 6.45) is 9.44. The molecule has 4 aromatic rings. The average Bonchev–Trinajstić information content (AvgIpc) is 3.31. The lowest BCUT2D eigenvalue weighted by atomic mass is 10.1. The molecule has 5 rings (SSSR count). The van der Waals surface area contributed by atoms with E-state index in [1.165, 1.54) is 0 Å². The van der Waals surface area contributed by atoms with E-state index in [0.29, 0.717) is 16.5 Å². The van der Waals surface area contributed by atoms with Crippen LogP contribution in [0.3, 0.4) is 0 Å². The number of nitrogens with zero attached hydrogens (tertiary/aromatic N) is 6. The van der Waals surface area contributed by atoms with Gasteiger partial charge in [-0.05, 0) is 29.8 Å². The summed E-state index contributed by atoms with van der Waals surface area (Å²) in [5.74, 6) is 1.23. The van der Waals surface area contributed by atoms with Crippen LogP contribution >= 0.6 is 11.6 Å². The highest BCUT2D eigenvalue weighted by molar-refractivity contribution is 6.32. The Labute approximate surface area is 203 Å². The van der Waals surface area contributed by atoms with Gasteiger partial charge >= 0.3 is 0 Å². The first-order chi connectivity index (χ1) is 16.6. The zero-order chi connectivity index (χ0) is 23.5. The smallest absolute Gasteiger partial charge is 0.141 e. The number of rotatable bonds is 6. The predicted octanol–water partition coefficient (Wildman–Crippen LogP) is 4.22. The second kappa shape index (κ2) is 9.61. The number of halogens is 1. The average molecular weight is 477 g/mol. The molecule has 0 bridgehead atoms. The molecule has 1 aliphatic rings. The van der Waals surface area contributed by atoms with Crippen molar-refractivity contribution >= 4 is 29.2 Å². The molecule has 0 saturated carbocycles. The summed E-state index contributed by atoms with van der Waals surface area (Å²) in [5, 5.41) is 7.22. The van der Waals surface area contributed by atoms with E-state index in [0.717, 1.165) is 54.3 Å². The lowest BCUT2D eigenvalue weighted by molar-refractivity contribution is 0.272. The molecule has 174 valence electrons. The van der Waals surface area contributed by atoms with Gasteiger partial charge in [0, 0.05) is 61.3 Å². The molecule has 1 fully saturated rings. The fraction of sp³-hybridized carbons (Fsp3) is 0.240. The summed E-state index contributed by atoms with van der Waals surface area (Å²) >= 11 is 6.36. The van der Waals surface area contributed by atoms with Gasteiger partial charge in [0.05, 0.1) is 44.2 Å². The summed E-state index contributed by atoms with van der Waals surface area (Å²) < 4.78 is 12.9. The highest BCUT2D eigenvalue weighted by Gasteiger charge is 2.18. The number of hydrogen-bond acceptors (Lipinski definition) is 7. The van der Waals surface area contributed by atoms with E-state index in [2.05, 4.69) is 32.1 Å². The quantitative estimate of drug-likeness (QED) is 0.388. The van der Waals surface area contributed by atoms with Gasteiger partial charge in [0.15, 0.2) is 0 Å². The third-order valence-corrected chi connectivity index (χ3v) is 6.19. The Kier molecular flexibility index (Phi) is 6.22. The van der Waals surface area contributed by atoms with E-state index in [1.54, 1.807) is 32.7 Å². The summed E-state index contributed by atoms with van der Waals surface area (Å²) in [6.45, 7) is 3.49. The second-order valence-corrected chi connectivity index (χ2v) is 8.34. The van der Waals surface area contributed by atoms with E-state index < -0.39 is 0 Å². The summed E-state index contributed by atoms with van der Waals surface area (Å²) in [4.78, 5) is 11.2. The summed E-state index contributed by atoms with van der Waals surface area (Å²) in [7, 11) is 3.21. The van der Waals surface area contributed by atoms with Crippen molar-refractivity contribution in [3.05, 3.63) is 71.8 Å². The number of imidazole rings is 1. The van der Waals surface area contributed by atoms with E-state index in [9.17, 15) is 0 Å². The monoisotopic (exact) mass is 476 g/mol. The van der Waals surface area contributed by atoms with Crippen molar-refractivity contribution in [3.63, 3.8) is 0 Å². The van der Waals surface area contributed by atoms with E-state index in [1.807, 2.05) is 41.2 Å². The van der Waals surface area contributed by atoms with Gasteiger partial charge in [-0.2, -0.15) is 5.10 Å². The van der Waals surface area contributed by atoms with Crippen LogP contribution in [-0.2, 0) is 0 Å². The topological polar surface area (TPSA) is 67.5 Å². The third kappa shape index (κ3) is 4.49. The van der Waals surface area contributed by atoms with Gasteiger partial charge in [-0.1, -0.05) is 11.6 Å². The lowest BCUT2D eigenvalue weighted by Crippen LogP contribution is -2.44. The Morgan fingerprint density at radius 1 is 0.971 bits per heavy atom. The Balaban J connectivity index is 1.32. The number of methoxy groups -OCH3 is 2. The molecule has 9 heteroatoms. The minimum Gasteiger partial charge on any atom is -0.496 e. The van der Waals surface area contributed by atoms with Gasteiger partial charge in [-0.25, -0.2) is 4.98 Å². The van der Waals surface area contributed by atoms with Gasteiger partial charge in [-0.3, -0.25) is 9.99 Å². The largest absolute Gasteiger partial charge is 0.496 e. The van der Waals surface area contributed by atoms with Crippen molar-refractivity contribution in [2.45, 2.75) is 0 Å². The first-order valence-corrected chi connectivity index (χ1v) is 11.4. The number of ether oxygens (including phenoxy) is 2. The van der Waals surface area contributed by atoms with Crippen LogP contribution in [-0.4, -0.2) is 66.0 Å². The highest BCUT2D eigenvalue weighted by atomic mass is 35.5. The molecule has 0 amide bonds. The third-order valence-electron chi connectivity index (χ3n) is 5.89. The van der Waals surface area contributed by atoms with Crippen LogP contribution in [0, 0.1) is 0 Å². The molecule has 0 radical (unpaired) electrons. The van der Waals surface area contributed by atoms with Crippen LogP contribution < -0.4 is 14.4 Å². The second-order valence-electron chi connectivity index (χ2n) is 7.93. The minimum atomic E-state index is 0.514. The summed E-state index contributed by atoms with van der Waals surface area (Å²) in [6, 6.07) is 11.7. The molecule has 4 heterocycles. The van der Waals surface area contributed by atoms with E-state index in [4.69, 9.17) is 26.1 Å². The van der Waals surface area contributed by atoms with Crippen molar-refractivity contribution in [2.24, 2.45) is 5.10 Å². The van der Waals surface area contributed by atoms with E-state index in [-0.39, 0.29) is 0 Å². The zero-order valence-electron chi connectivity index (χ0n) is 19.1. The molecule has 0 N–H and O–H groups in total. The first-order valence-electron chi connectivity index (χ1n) is 11.0. The molecule has 1 aromatic carbocycles. The van der Waals surface area contributed by atoms with Crippen LogP contribution in [0.1, 0.15) is 5.56 Å². The highest BCUT2D eigenvalue weighted by Crippen LogP contribution is 2.38. The molecule has 34 heavy (non-hydrogen) atoms. The van der Waals surface area contributed by atoms with Crippen molar-refractivity contribution < 1.29 is 9.47 Å². The molecule has 1 aliphatic heterocycles. The van der Waals surface area contributed by atoms with Gasteiger partial charge in [0.25, 0.3) is 0 Å². The van der Waals surface area contributed by atoms with Crippen LogP contribution in [0.25, 0.3) is 16.9 Å². The maximum atomic E-state index is 6.36. The molecule has 0 atom stereocenters. The van der Waals surface area contributed by atoms with Crippen molar-refractivity contribution in [1.82, 2.24) is 19.4 Å². The van der Waals surface area contributed by atoms with Crippen LogP contribution in [0.2, 0.25) is 5.02 Å². The number of hydrogen-bond donors (Lipinski definition) is 0. The number of benzene rings is 1. The first kappa shape index (κ1) is 22.0. The Morgan fingerprint density at radius 3 is 2.47 bits per heavy atom. The molecule has 3 aromatic heterocycles. The minimum absolute atomic E-state index is 0.514. The zero-order valence-corrected chi connectivity index (χ0v) is 19.8. The Morgan fingerprint density at radius 2 is 1.74 bits per heavy atom. The van der Waals surface area contributed by atoms with Crippen molar-refractivity contribution in [2.75, 3.05) is 45.3 Å². The fourth-order valence-electron chi connectivity index (χ4n) is 4.03. The van der Waals surface area contributed by atoms with E-state index >= 15 is 0 Å². The van der Waals surface area contributed by atoms with Gasteiger partial charge in [0.2, 0.25) is 0 Å². The number of anilines is 1. The number of hydrazone groups is 1. The van der Waals surface area contributed by atoms with Crippen molar-refractivity contribution in [3.8, 4) is 22.8 Å². The predicted molar refractivity (Wildman–Crippen MR) is 134 cm³/mol. The normalized spacial score (nSPS) is 14.2.